The Bertz CT molecular complexity index is 1380. The molecule has 14 heteroatoms. The first-order valence-electron chi connectivity index (χ1n) is 23.7. The van der Waals surface area contributed by atoms with E-state index in [-0.39, 0.29) is 12.8 Å². The zero-order valence-corrected chi connectivity index (χ0v) is 39.2. The van der Waals surface area contributed by atoms with Crippen LogP contribution in [0.2, 0.25) is 0 Å². The summed E-state index contributed by atoms with van der Waals surface area (Å²) >= 11 is 0. The standard InChI is InChI=1S/C49H83O13P/c1-3-5-7-9-11-13-15-17-19-20-21-22-24-25-27-29-31-33-35-37-42(50)59-39-41(40-60-63(57,58)62-49-47(55)45(53)44(52)46(54)48(49)56)61-43(51)38-36-34-32-30-28-26-23-18-16-14-12-10-8-6-4-2/h11-14,17-19,21-23,28,30,41,44-49,52-56H,3-10,15-16,20,24-27,29,31-40H2,1-2H3,(H,57,58). The number of aliphatic hydroxyl groups excluding tert-OH is 5. The van der Waals surface area contributed by atoms with Crippen LogP contribution in [-0.4, -0.2) is 98.3 Å². The fourth-order valence-corrected chi connectivity index (χ4v) is 7.62. The molecule has 1 saturated carbocycles. The molecule has 0 spiro atoms. The van der Waals surface area contributed by atoms with Crippen LogP contribution in [-0.2, 0) is 32.7 Å². The van der Waals surface area contributed by atoms with Crippen LogP contribution in [0.5, 0.6) is 0 Å². The summed E-state index contributed by atoms with van der Waals surface area (Å²) in [5.74, 6) is -1.16. The zero-order chi connectivity index (χ0) is 46.4. The maximum atomic E-state index is 12.8. The molecular formula is C49H83O13P. The van der Waals surface area contributed by atoms with Gasteiger partial charge in [0.15, 0.2) is 6.10 Å². The normalized spacial score (nSPS) is 22.3. The predicted octanol–water partition coefficient (Wildman–Crippen LogP) is 9.50. The molecule has 6 atom stereocenters. The van der Waals surface area contributed by atoms with Gasteiger partial charge in [-0.1, -0.05) is 138 Å². The van der Waals surface area contributed by atoms with Crippen LogP contribution in [0.25, 0.3) is 0 Å². The molecule has 362 valence electrons. The molecule has 0 saturated heterocycles. The summed E-state index contributed by atoms with van der Waals surface area (Å²) in [4.78, 5) is 35.7. The van der Waals surface area contributed by atoms with Crippen molar-refractivity contribution in [2.45, 2.75) is 211 Å². The lowest BCUT2D eigenvalue weighted by Gasteiger charge is -2.41. The molecule has 0 bridgehead atoms. The molecule has 1 fully saturated rings. The number of unbranched alkanes of at least 4 members (excludes halogenated alkanes) is 14. The number of ether oxygens (including phenoxy) is 2. The average molecular weight is 911 g/mol. The second-order valence-electron chi connectivity index (χ2n) is 16.3. The quantitative estimate of drug-likeness (QED) is 0.0148. The molecule has 6 unspecified atom stereocenters. The number of allylic oxidation sites excluding steroid dienone is 12. The third-order valence-corrected chi connectivity index (χ3v) is 11.5. The lowest BCUT2D eigenvalue weighted by Crippen LogP contribution is -2.64. The summed E-state index contributed by atoms with van der Waals surface area (Å²) in [5, 5.41) is 50.2. The van der Waals surface area contributed by atoms with Crippen LogP contribution >= 0.6 is 7.82 Å². The molecule has 0 aromatic rings. The average Bonchev–Trinajstić information content (AvgIpc) is 3.26. The molecule has 6 N–H and O–H groups in total. The highest BCUT2D eigenvalue weighted by molar-refractivity contribution is 7.47. The lowest BCUT2D eigenvalue weighted by atomic mass is 9.85. The van der Waals surface area contributed by atoms with Crippen LogP contribution in [0.4, 0.5) is 0 Å². The summed E-state index contributed by atoms with van der Waals surface area (Å²) in [6.45, 7) is 3.19. The summed E-state index contributed by atoms with van der Waals surface area (Å²) in [5.41, 5.74) is 0. The van der Waals surface area contributed by atoms with Gasteiger partial charge in [0.05, 0.1) is 6.61 Å². The number of carbonyl (C=O) groups is 2. The molecule has 0 amide bonds. The van der Waals surface area contributed by atoms with Crippen molar-refractivity contribution in [3.05, 3.63) is 72.9 Å². The molecule has 13 nitrogen and oxygen atoms in total. The number of hydrogen-bond donors (Lipinski definition) is 6. The molecule has 0 aromatic heterocycles. The molecular weight excluding hydrogens is 827 g/mol. The largest absolute Gasteiger partial charge is 0.472 e. The van der Waals surface area contributed by atoms with Crippen molar-refractivity contribution in [3.63, 3.8) is 0 Å². The van der Waals surface area contributed by atoms with E-state index in [4.69, 9.17) is 18.5 Å². The van der Waals surface area contributed by atoms with Crippen LogP contribution in [0.3, 0.4) is 0 Å². The SMILES string of the molecule is CCCCCC=CCC=CCC=CCCCCCCCCC(=O)OCC(COP(=O)(O)OC1C(O)C(O)C(O)C(O)C1O)OC(=O)CCCCC=CCC=CCC=CCCCCC. The van der Waals surface area contributed by atoms with E-state index in [1.54, 1.807) is 0 Å². The van der Waals surface area contributed by atoms with Gasteiger partial charge in [0.25, 0.3) is 0 Å². The number of esters is 2. The monoisotopic (exact) mass is 911 g/mol. The van der Waals surface area contributed by atoms with Gasteiger partial charge in [-0.3, -0.25) is 18.6 Å². The van der Waals surface area contributed by atoms with E-state index in [1.807, 2.05) is 0 Å². The van der Waals surface area contributed by atoms with Crippen molar-refractivity contribution in [2.24, 2.45) is 0 Å². The topological polar surface area (TPSA) is 210 Å². The van der Waals surface area contributed by atoms with E-state index >= 15 is 0 Å². The number of carbonyl (C=O) groups excluding carboxylic acids is 2. The highest BCUT2D eigenvalue weighted by atomic mass is 31.2. The smallest absolute Gasteiger partial charge is 0.462 e. The van der Waals surface area contributed by atoms with E-state index in [0.29, 0.717) is 12.8 Å². The van der Waals surface area contributed by atoms with Crippen molar-refractivity contribution in [1.29, 1.82) is 0 Å². The van der Waals surface area contributed by atoms with Gasteiger partial charge >= 0.3 is 19.8 Å². The van der Waals surface area contributed by atoms with Gasteiger partial charge in [0.2, 0.25) is 0 Å². The second kappa shape index (κ2) is 38.5. The van der Waals surface area contributed by atoms with Crippen LogP contribution in [0, 0.1) is 0 Å². The molecule has 0 aliphatic heterocycles. The molecule has 1 rings (SSSR count). The Hall–Kier alpha value is -2.71. The maximum Gasteiger partial charge on any atom is 0.472 e. The summed E-state index contributed by atoms with van der Waals surface area (Å²) in [6, 6.07) is 0. The summed E-state index contributed by atoms with van der Waals surface area (Å²) in [6.07, 6.45) is 35.2. The van der Waals surface area contributed by atoms with Crippen molar-refractivity contribution in [2.75, 3.05) is 13.2 Å². The Morgan fingerprint density at radius 1 is 0.492 bits per heavy atom. The zero-order valence-electron chi connectivity index (χ0n) is 38.3. The van der Waals surface area contributed by atoms with Crippen molar-refractivity contribution >= 4 is 19.8 Å². The summed E-state index contributed by atoms with van der Waals surface area (Å²) < 4.78 is 33.5. The fourth-order valence-electron chi connectivity index (χ4n) is 6.65. The molecule has 0 radical (unpaired) electrons. The number of hydrogen-bond acceptors (Lipinski definition) is 12. The first kappa shape index (κ1) is 58.3. The van der Waals surface area contributed by atoms with Crippen LogP contribution in [0.15, 0.2) is 72.9 Å². The van der Waals surface area contributed by atoms with E-state index in [9.17, 15) is 44.6 Å². The van der Waals surface area contributed by atoms with Gasteiger partial charge in [-0.25, -0.2) is 4.57 Å². The van der Waals surface area contributed by atoms with Gasteiger partial charge in [-0.2, -0.15) is 0 Å². The van der Waals surface area contributed by atoms with Crippen molar-refractivity contribution < 1.29 is 63.1 Å². The third-order valence-electron chi connectivity index (χ3n) is 10.5. The van der Waals surface area contributed by atoms with Crippen LogP contribution < -0.4 is 0 Å². The Kier molecular flexibility index (Phi) is 35.7. The second-order valence-corrected chi connectivity index (χ2v) is 17.7. The minimum Gasteiger partial charge on any atom is -0.462 e. The molecule has 1 aliphatic carbocycles. The van der Waals surface area contributed by atoms with Crippen LogP contribution in [0.1, 0.15) is 168 Å². The van der Waals surface area contributed by atoms with E-state index in [2.05, 4.69) is 86.8 Å². The van der Waals surface area contributed by atoms with E-state index in [1.165, 1.54) is 44.9 Å². The van der Waals surface area contributed by atoms with Gasteiger partial charge in [-0.15, -0.1) is 0 Å². The third kappa shape index (κ3) is 31.0. The number of phosphoric acid groups is 1. The lowest BCUT2D eigenvalue weighted by molar-refractivity contribution is -0.220. The minimum absolute atomic E-state index is 0.0413. The molecule has 0 heterocycles. The minimum atomic E-state index is -5.14. The van der Waals surface area contributed by atoms with E-state index in [0.717, 1.165) is 83.5 Å². The molecule has 1 aliphatic rings. The first-order chi connectivity index (χ1) is 30.4. The summed E-state index contributed by atoms with van der Waals surface area (Å²) in [7, 11) is -5.14. The van der Waals surface area contributed by atoms with Crippen molar-refractivity contribution in [3.8, 4) is 0 Å². The first-order valence-corrected chi connectivity index (χ1v) is 25.2. The fraction of sp³-hybridized carbons (Fsp3) is 0.714. The highest BCUT2D eigenvalue weighted by Crippen LogP contribution is 2.47. The molecule has 63 heavy (non-hydrogen) atoms. The Morgan fingerprint density at radius 2 is 0.857 bits per heavy atom. The van der Waals surface area contributed by atoms with Gasteiger partial charge < -0.3 is 39.9 Å². The van der Waals surface area contributed by atoms with E-state index < -0.39 is 75.7 Å². The Balaban J connectivity index is 2.48. The van der Waals surface area contributed by atoms with Gasteiger partial charge in [0.1, 0.15) is 43.2 Å². The number of rotatable bonds is 38. The van der Waals surface area contributed by atoms with Gasteiger partial charge in [-0.05, 0) is 89.9 Å². The number of aliphatic hydroxyl groups is 5. The Labute approximate surface area is 378 Å². The Morgan fingerprint density at radius 3 is 1.33 bits per heavy atom. The number of phosphoric ester groups is 1. The maximum absolute atomic E-state index is 12.8. The molecule has 0 aromatic carbocycles. The van der Waals surface area contributed by atoms with Gasteiger partial charge in [0, 0.05) is 12.8 Å². The van der Waals surface area contributed by atoms with Crippen molar-refractivity contribution in [1.82, 2.24) is 0 Å². The highest BCUT2D eigenvalue weighted by Gasteiger charge is 2.51. The predicted molar refractivity (Wildman–Crippen MR) is 249 cm³/mol.